The summed E-state index contributed by atoms with van der Waals surface area (Å²) >= 11 is 0. The van der Waals surface area contributed by atoms with E-state index in [2.05, 4.69) is 0 Å². The van der Waals surface area contributed by atoms with E-state index in [0.717, 1.165) is 34.4 Å². The van der Waals surface area contributed by atoms with Gasteiger partial charge in [0.15, 0.2) is 5.82 Å². The van der Waals surface area contributed by atoms with E-state index in [0.29, 0.717) is 11.4 Å². The fourth-order valence-electron chi connectivity index (χ4n) is 2.84. The third-order valence-corrected chi connectivity index (χ3v) is 4.15. The molecule has 3 aromatic carbocycles. The van der Waals surface area contributed by atoms with Gasteiger partial charge in [0.1, 0.15) is 6.29 Å². The van der Waals surface area contributed by atoms with Crippen LogP contribution < -0.4 is 0 Å². The van der Waals surface area contributed by atoms with Crippen molar-refractivity contribution in [1.82, 2.24) is 9.97 Å². The zero-order chi connectivity index (χ0) is 17.8. The SMILES string of the molecule is O=Cc1cccc(-c2cc(-c3ccccc3)nc(-c3ccccc3)n2)c1. The molecule has 0 saturated heterocycles. The van der Waals surface area contributed by atoms with Gasteiger partial charge in [-0.3, -0.25) is 4.79 Å². The summed E-state index contributed by atoms with van der Waals surface area (Å²) in [6, 6.07) is 29.4. The van der Waals surface area contributed by atoms with Crippen LogP contribution in [-0.2, 0) is 0 Å². The predicted octanol–water partition coefficient (Wildman–Crippen LogP) is 5.29. The molecule has 0 spiro atoms. The zero-order valence-corrected chi connectivity index (χ0v) is 14.0. The quantitative estimate of drug-likeness (QED) is 0.476. The molecule has 0 aliphatic rings. The van der Waals surface area contributed by atoms with Gasteiger partial charge in [-0.05, 0) is 12.1 Å². The van der Waals surface area contributed by atoms with Crippen LogP contribution in [-0.4, -0.2) is 16.3 Å². The zero-order valence-electron chi connectivity index (χ0n) is 14.0. The summed E-state index contributed by atoms with van der Waals surface area (Å²) in [4.78, 5) is 20.6. The Morgan fingerprint density at radius 3 is 1.81 bits per heavy atom. The van der Waals surface area contributed by atoms with E-state index < -0.39 is 0 Å². The molecule has 0 saturated carbocycles. The van der Waals surface area contributed by atoms with Crippen LogP contribution in [0.3, 0.4) is 0 Å². The molecule has 0 aliphatic heterocycles. The summed E-state index contributed by atoms with van der Waals surface area (Å²) in [7, 11) is 0. The summed E-state index contributed by atoms with van der Waals surface area (Å²) in [5, 5.41) is 0. The van der Waals surface area contributed by atoms with Crippen molar-refractivity contribution in [3.8, 4) is 33.9 Å². The van der Waals surface area contributed by atoms with Crippen molar-refractivity contribution < 1.29 is 4.79 Å². The molecule has 0 atom stereocenters. The molecule has 0 amide bonds. The maximum absolute atomic E-state index is 11.1. The van der Waals surface area contributed by atoms with Gasteiger partial charge in [-0.1, -0.05) is 78.9 Å². The monoisotopic (exact) mass is 336 g/mol. The molecule has 3 heteroatoms. The molecular weight excluding hydrogens is 320 g/mol. The molecule has 0 fully saturated rings. The summed E-state index contributed by atoms with van der Waals surface area (Å²) in [5.74, 6) is 0.665. The first kappa shape index (κ1) is 15.9. The fraction of sp³-hybridized carbons (Fsp3) is 0. The number of rotatable bonds is 4. The van der Waals surface area contributed by atoms with Crippen molar-refractivity contribution in [2.45, 2.75) is 0 Å². The highest BCUT2D eigenvalue weighted by Crippen LogP contribution is 2.27. The Bertz CT molecular complexity index is 986. The van der Waals surface area contributed by atoms with Gasteiger partial charge in [0.05, 0.1) is 11.4 Å². The number of hydrogen-bond donors (Lipinski definition) is 0. The van der Waals surface area contributed by atoms with Gasteiger partial charge in [-0.2, -0.15) is 0 Å². The highest BCUT2D eigenvalue weighted by Gasteiger charge is 2.10. The largest absolute Gasteiger partial charge is 0.298 e. The molecule has 0 unspecified atom stereocenters. The Kier molecular flexibility index (Phi) is 4.35. The van der Waals surface area contributed by atoms with Crippen molar-refractivity contribution in [1.29, 1.82) is 0 Å². The average molecular weight is 336 g/mol. The van der Waals surface area contributed by atoms with Crippen molar-refractivity contribution in [3.05, 3.63) is 96.6 Å². The van der Waals surface area contributed by atoms with Crippen LogP contribution in [0.25, 0.3) is 33.9 Å². The first-order valence-corrected chi connectivity index (χ1v) is 8.39. The van der Waals surface area contributed by atoms with Crippen LogP contribution in [0.1, 0.15) is 10.4 Å². The van der Waals surface area contributed by atoms with Crippen LogP contribution in [0.4, 0.5) is 0 Å². The minimum absolute atomic E-state index is 0.628. The lowest BCUT2D eigenvalue weighted by Crippen LogP contribution is -1.96. The lowest BCUT2D eigenvalue weighted by Gasteiger charge is -2.09. The smallest absolute Gasteiger partial charge is 0.160 e. The lowest BCUT2D eigenvalue weighted by atomic mass is 10.0. The molecule has 1 heterocycles. The highest BCUT2D eigenvalue weighted by molar-refractivity contribution is 5.79. The molecule has 3 nitrogen and oxygen atoms in total. The maximum atomic E-state index is 11.1. The number of nitrogens with zero attached hydrogens (tertiary/aromatic N) is 2. The second-order valence-electron chi connectivity index (χ2n) is 5.94. The first-order valence-electron chi connectivity index (χ1n) is 8.39. The van der Waals surface area contributed by atoms with Crippen molar-refractivity contribution in [3.63, 3.8) is 0 Å². The summed E-state index contributed by atoms with van der Waals surface area (Å²) in [6.07, 6.45) is 0.848. The molecule has 0 bridgehead atoms. The summed E-state index contributed by atoms with van der Waals surface area (Å²) in [5.41, 5.74) is 5.15. The van der Waals surface area contributed by atoms with Crippen molar-refractivity contribution >= 4 is 6.29 Å². The van der Waals surface area contributed by atoms with Gasteiger partial charge in [0.25, 0.3) is 0 Å². The standard InChI is InChI=1S/C23H16N2O/c26-16-17-8-7-13-20(14-17)22-15-21(18-9-3-1-4-10-18)24-23(25-22)19-11-5-2-6-12-19/h1-16H. The Morgan fingerprint density at radius 1 is 0.577 bits per heavy atom. The Morgan fingerprint density at radius 2 is 1.15 bits per heavy atom. The van der Waals surface area contributed by atoms with Crippen LogP contribution in [0.5, 0.6) is 0 Å². The molecule has 4 rings (SSSR count). The number of carbonyl (C=O) groups is 1. The van der Waals surface area contributed by atoms with E-state index in [1.54, 1.807) is 6.07 Å². The van der Waals surface area contributed by atoms with E-state index >= 15 is 0 Å². The number of aldehydes is 1. The van der Waals surface area contributed by atoms with E-state index in [1.165, 1.54) is 0 Å². The molecule has 26 heavy (non-hydrogen) atoms. The minimum atomic E-state index is 0.628. The second kappa shape index (κ2) is 7.11. The van der Waals surface area contributed by atoms with Gasteiger partial charge in [-0.25, -0.2) is 9.97 Å². The Hall–Kier alpha value is -3.59. The van der Waals surface area contributed by atoms with Crippen LogP contribution >= 0.6 is 0 Å². The Labute approximate surface area is 152 Å². The topological polar surface area (TPSA) is 42.9 Å². The van der Waals surface area contributed by atoms with Crippen molar-refractivity contribution in [2.75, 3.05) is 0 Å². The summed E-state index contributed by atoms with van der Waals surface area (Å²) < 4.78 is 0. The molecule has 0 aliphatic carbocycles. The normalized spacial score (nSPS) is 10.5. The second-order valence-corrected chi connectivity index (χ2v) is 5.94. The first-order chi connectivity index (χ1) is 12.8. The molecule has 1 aromatic heterocycles. The van der Waals surface area contributed by atoms with Gasteiger partial charge >= 0.3 is 0 Å². The van der Waals surface area contributed by atoms with E-state index in [1.807, 2.05) is 84.9 Å². The van der Waals surface area contributed by atoms with Crippen LogP contribution in [0, 0.1) is 0 Å². The molecule has 0 radical (unpaired) electrons. The predicted molar refractivity (Wildman–Crippen MR) is 104 cm³/mol. The molecule has 0 N–H and O–H groups in total. The number of carbonyl (C=O) groups excluding carboxylic acids is 1. The Balaban J connectivity index is 1.92. The number of aromatic nitrogens is 2. The molecule has 4 aromatic rings. The maximum Gasteiger partial charge on any atom is 0.160 e. The third kappa shape index (κ3) is 3.28. The molecule has 124 valence electrons. The molecular formula is C23H16N2O. The van der Waals surface area contributed by atoms with E-state index in [4.69, 9.17) is 9.97 Å². The van der Waals surface area contributed by atoms with Gasteiger partial charge in [-0.15, -0.1) is 0 Å². The highest BCUT2D eigenvalue weighted by atomic mass is 16.1. The van der Waals surface area contributed by atoms with Gasteiger partial charge in [0.2, 0.25) is 0 Å². The lowest BCUT2D eigenvalue weighted by molar-refractivity contribution is 0.112. The summed E-state index contributed by atoms with van der Waals surface area (Å²) in [6.45, 7) is 0. The van der Waals surface area contributed by atoms with E-state index in [9.17, 15) is 4.79 Å². The third-order valence-electron chi connectivity index (χ3n) is 4.15. The fourth-order valence-corrected chi connectivity index (χ4v) is 2.84. The van der Waals surface area contributed by atoms with Crippen LogP contribution in [0.15, 0.2) is 91.0 Å². The van der Waals surface area contributed by atoms with E-state index in [-0.39, 0.29) is 0 Å². The average Bonchev–Trinajstić information content (AvgIpc) is 2.75. The number of benzene rings is 3. The van der Waals surface area contributed by atoms with Crippen LogP contribution in [0.2, 0.25) is 0 Å². The van der Waals surface area contributed by atoms with Crippen molar-refractivity contribution in [2.24, 2.45) is 0 Å². The minimum Gasteiger partial charge on any atom is -0.298 e. The van der Waals surface area contributed by atoms with Gasteiger partial charge < -0.3 is 0 Å². The number of hydrogen-bond acceptors (Lipinski definition) is 3. The van der Waals surface area contributed by atoms with Gasteiger partial charge in [0, 0.05) is 22.3 Å².